The fraction of sp³-hybridized carbons (Fsp3) is 0.250. The fourth-order valence-electron chi connectivity index (χ4n) is 6.50. The number of rotatable bonds is 16. The van der Waals surface area contributed by atoms with Gasteiger partial charge in [0.05, 0.1) is 6.61 Å². The first-order chi connectivity index (χ1) is 24.1. The highest BCUT2D eigenvalue weighted by Crippen LogP contribution is 2.37. The summed E-state index contributed by atoms with van der Waals surface area (Å²) in [6.45, 7) is 2.94. The zero-order valence-corrected chi connectivity index (χ0v) is 28.1. The Morgan fingerprint density at radius 3 is 2.04 bits per heavy atom. The molecule has 5 aromatic rings. The molecule has 0 heterocycles. The van der Waals surface area contributed by atoms with Gasteiger partial charge >= 0.3 is 5.97 Å². The quantitative estimate of drug-likeness (QED) is 0.108. The van der Waals surface area contributed by atoms with Crippen LogP contribution >= 0.6 is 0 Å². The summed E-state index contributed by atoms with van der Waals surface area (Å²) in [7, 11) is 0. The number of aryl methyl sites for hydroxylation is 4. The van der Waals surface area contributed by atoms with Crippen LogP contribution in [0.1, 0.15) is 63.1 Å². The van der Waals surface area contributed by atoms with Gasteiger partial charge in [0.15, 0.2) is 6.10 Å². The van der Waals surface area contributed by atoms with Crippen LogP contribution in [0, 0.1) is 0 Å². The van der Waals surface area contributed by atoms with Gasteiger partial charge in [0.2, 0.25) is 0 Å². The van der Waals surface area contributed by atoms with E-state index < -0.39 is 12.1 Å². The number of benzene rings is 5. The van der Waals surface area contributed by atoms with Crippen molar-refractivity contribution < 1.29 is 24.1 Å². The average molecular weight is 653 g/mol. The van der Waals surface area contributed by atoms with Crippen molar-refractivity contribution in [3.8, 4) is 5.75 Å². The molecule has 1 aliphatic rings. The van der Waals surface area contributed by atoms with Gasteiger partial charge in [-0.2, -0.15) is 0 Å². The number of hydrogen-bond donors (Lipinski definition) is 1. The molecule has 5 nitrogen and oxygen atoms in total. The number of ether oxygens (including phenoxy) is 3. The minimum Gasteiger partial charge on any atom is -0.491 e. The Kier molecular flexibility index (Phi) is 11.7. The minimum atomic E-state index is -0.956. The summed E-state index contributed by atoms with van der Waals surface area (Å²) < 4.78 is 18.1. The number of carboxylic acids is 1. The van der Waals surface area contributed by atoms with Crippen LogP contribution in [-0.2, 0) is 46.4 Å². The zero-order chi connectivity index (χ0) is 33.8. The summed E-state index contributed by atoms with van der Waals surface area (Å²) >= 11 is 0. The van der Waals surface area contributed by atoms with Gasteiger partial charge in [-0.3, -0.25) is 0 Å². The maximum absolute atomic E-state index is 11.5. The standard InChI is InChI=1S/C44H44O5/c1-2-47-42(44(45)46)31-35-19-24-38(25-20-35)48-28-29-49-43-40-26-21-34(17-16-32-10-5-3-6-11-32)30-37(40)23-27-39-36(14-9-15-41(39)43)22-18-33-12-7-4-8-13-33/h3-15,19-21,23-27,30,42-43H,2,16-18,22,28-29,31H2,1H3,(H,45,46). The van der Waals surface area contributed by atoms with E-state index in [-0.39, 0.29) is 6.10 Å². The lowest BCUT2D eigenvalue weighted by Gasteiger charge is -2.23. The molecular formula is C44H44O5. The molecule has 1 aliphatic carbocycles. The van der Waals surface area contributed by atoms with Crippen molar-refractivity contribution in [1.82, 2.24) is 0 Å². The largest absolute Gasteiger partial charge is 0.491 e. The maximum Gasteiger partial charge on any atom is 0.333 e. The molecule has 5 aromatic carbocycles. The molecule has 0 saturated carbocycles. The van der Waals surface area contributed by atoms with E-state index >= 15 is 0 Å². The molecule has 0 saturated heterocycles. The van der Waals surface area contributed by atoms with Crippen LogP contribution in [0.15, 0.2) is 121 Å². The van der Waals surface area contributed by atoms with Crippen LogP contribution < -0.4 is 4.74 Å². The second-order valence-corrected chi connectivity index (χ2v) is 12.4. The Bertz CT molecular complexity index is 1830. The van der Waals surface area contributed by atoms with Gasteiger partial charge in [-0.1, -0.05) is 121 Å². The number of carboxylic acid groups (broad SMARTS) is 1. The van der Waals surface area contributed by atoms with Crippen LogP contribution in [-0.4, -0.2) is 37.0 Å². The van der Waals surface area contributed by atoms with E-state index in [1.165, 1.54) is 38.9 Å². The van der Waals surface area contributed by atoms with E-state index in [1.807, 2.05) is 24.3 Å². The molecule has 0 radical (unpaired) electrons. The summed E-state index contributed by atoms with van der Waals surface area (Å²) in [5.41, 5.74) is 10.9. The maximum atomic E-state index is 11.5. The van der Waals surface area contributed by atoms with Gasteiger partial charge in [0.25, 0.3) is 0 Å². The lowest BCUT2D eigenvalue weighted by molar-refractivity contribution is -0.149. The van der Waals surface area contributed by atoms with Crippen LogP contribution in [0.25, 0.3) is 12.2 Å². The predicted octanol–water partition coefficient (Wildman–Crippen LogP) is 8.96. The van der Waals surface area contributed by atoms with Gasteiger partial charge in [0, 0.05) is 13.0 Å². The van der Waals surface area contributed by atoms with Crippen molar-refractivity contribution in [3.63, 3.8) is 0 Å². The summed E-state index contributed by atoms with van der Waals surface area (Å²) in [5.74, 6) is -0.242. The fourth-order valence-corrected chi connectivity index (χ4v) is 6.50. The predicted molar refractivity (Wildman–Crippen MR) is 196 cm³/mol. The number of aliphatic carboxylic acids is 1. The van der Waals surface area contributed by atoms with E-state index in [2.05, 4.69) is 109 Å². The molecule has 0 aliphatic heterocycles. The molecule has 5 heteroatoms. The highest BCUT2D eigenvalue weighted by atomic mass is 16.5. The SMILES string of the molecule is CCOC(Cc1ccc(OCCOC2c3ccc(CCc4ccccc4)cc3C=Cc3c(CCc4ccccc4)cccc32)cc1)C(=O)O. The van der Waals surface area contributed by atoms with E-state index in [0.29, 0.717) is 32.0 Å². The molecule has 0 fully saturated rings. The lowest BCUT2D eigenvalue weighted by atomic mass is 9.91. The van der Waals surface area contributed by atoms with Crippen molar-refractivity contribution in [3.05, 3.63) is 171 Å². The Morgan fingerprint density at radius 2 is 1.35 bits per heavy atom. The lowest BCUT2D eigenvalue weighted by Crippen LogP contribution is -2.26. The van der Waals surface area contributed by atoms with Crippen molar-refractivity contribution in [2.45, 2.75) is 51.2 Å². The highest BCUT2D eigenvalue weighted by Gasteiger charge is 2.24. The van der Waals surface area contributed by atoms with Crippen molar-refractivity contribution >= 4 is 18.1 Å². The molecule has 0 amide bonds. The van der Waals surface area contributed by atoms with Crippen molar-refractivity contribution in [2.75, 3.05) is 19.8 Å². The molecular weight excluding hydrogens is 608 g/mol. The Balaban J connectivity index is 1.18. The first kappa shape index (κ1) is 33.9. The topological polar surface area (TPSA) is 65.0 Å². The second kappa shape index (κ2) is 16.9. The smallest absolute Gasteiger partial charge is 0.333 e. The minimum absolute atomic E-state index is 0.239. The van der Waals surface area contributed by atoms with Gasteiger partial charge in [-0.25, -0.2) is 4.79 Å². The summed E-state index contributed by atoms with van der Waals surface area (Å²) in [6, 6.07) is 42.2. The summed E-state index contributed by atoms with van der Waals surface area (Å²) in [5, 5.41) is 9.41. The van der Waals surface area contributed by atoms with Crippen LogP contribution in [0.5, 0.6) is 5.75 Å². The number of fused-ring (bicyclic) bond motifs is 2. The first-order valence-electron chi connectivity index (χ1n) is 17.3. The highest BCUT2D eigenvalue weighted by molar-refractivity contribution is 5.78. The third-order valence-electron chi connectivity index (χ3n) is 9.07. The van der Waals surface area contributed by atoms with Crippen LogP contribution in [0.3, 0.4) is 0 Å². The molecule has 0 bridgehead atoms. The molecule has 2 unspecified atom stereocenters. The summed E-state index contributed by atoms with van der Waals surface area (Å²) in [6.07, 6.45) is 7.64. The molecule has 0 spiro atoms. The molecule has 49 heavy (non-hydrogen) atoms. The molecule has 6 rings (SSSR count). The van der Waals surface area contributed by atoms with E-state index in [9.17, 15) is 9.90 Å². The van der Waals surface area contributed by atoms with Gasteiger partial charge in [0.1, 0.15) is 18.5 Å². The van der Waals surface area contributed by atoms with Crippen LogP contribution in [0.2, 0.25) is 0 Å². The van der Waals surface area contributed by atoms with E-state index in [4.69, 9.17) is 14.2 Å². The number of carbonyl (C=O) groups is 1. The van der Waals surface area contributed by atoms with Gasteiger partial charge in [-0.05, 0) is 94.8 Å². The monoisotopic (exact) mass is 652 g/mol. The first-order valence-corrected chi connectivity index (χ1v) is 17.3. The van der Waals surface area contributed by atoms with Gasteiger partial charge in [-0.15, -0.1) is 0 Å². The normalized spacial score (nSPS) is 14.0. The third-order valence-corrected chi connectivity index (χ3v) is 9.07. The van der Waals surface area contributed by atoms with Crippen molar-refractivity contribution in [1.29, 1.82) is 0 Å². The Morgan fingerprint density at radius 1 is 0.673 bits per heavy atom. The van der Waals surface area contributed by atoms with Gasteiger partial charge < -0.3 is 19.3 Å². The van der Waals surface area contributed by atoms with E-state index in [1.54, 1.807) is 6.92 Å². The average Bonchev–Trinajstić information content (AvgIpc) is 3.29. The third kappa shape index (κ3) is 9.14. The molecule has 250 valence electrons. The zero-order valence-electron chi connectivity index (χ0n) is 28.1. The Labute approximate surface area is 289 Å². The van der Waals surface area contributed by atoms with Crippen LogP contribution in [0.4, 0.5) is 0 Å². The molecule has 0 aromatic heterocycles. The summed E-state index contributed by atoms with van der Waals surface area (Å²) in [4.78, 5) is 11.5. The number of hydrogen-bond acceptors (Lipinski definition) is 4. The van der Waals surface area contributed by atoms with E-state index in [0.717, 1.165) is 36.8 Å². The molecule has 1 N–H and O–H groups in total. The van der Waals surface area contributed by atoms with Crippen molar-refractivity contribution in [2.24, 2.45) is 0 Å². The second-order valence-electron chi connectivity index (χ2n) is 12.4. The molecule has 2 atom stereocenters. The Hall–Kier alpha value is -4.97.